The molecule has 7 heteroatoms. The molecule has 0 radical (unpaired) electrons. The number of aromatic nitrogens is 2. The first-order valence-corrected chi connectivity index (χ1v) is 4.02. The van der Waals surface area contributed by atoms with E-state index in [0.717, 1.165) is 12.3 Å². The lowest BCUT2D eigenvalue weighted by molar-refractivity contribution is -0.141. The van der Waals surface area contributed by atoms with Crippen molar-refractivity contribution in [1.29, 1.82) is 0 Å². The van der Waals surface area contributed by atoms with Gasteiger partial charge in [0, 0.05) is 6.20 Å². The van der Waals surface area contributed by atoms with Crippen LogP contribution in [-0.2, 0) is 11.0 Å². The number of alkyl halides is 3. The average molecular weight is 219 g/mol. The molecule has 0 fully saturated rings. The summed E-state index contributed by atoms with van der Waals surface area (Å²) in [7, 11) is 0. The second-order valence-electron chi connectivity index (χ2n) is 2.92. The molecule has 82 valence electrons. The van der Waals surface area contributed by atoms with Crippen molar-refractivity contribution in [3.8, 4) is 0 Å². The maximum atomic E-state index is 12.2. The Balaban J connectivity index is 3.08. The highest BCUT2D eigenvalue weighted by Gasteiger charge is 2.33. The zero-order chi connectivity index (χ0) is 11.6. The van der Waals surface area contributed by atoms with Crippen LogP contribution < -0.4 is 5.73 Å². The van der Waals surface area contributed by atoms with E-state index in [1.165, 1.54) is 6.92 Å². The summed E-state index contributed by atoms with van der Waals surface area (Å²) in [5, 5.41) is 0. The Morgan fingerprint density at radius 3 is 2.60 bits per heavy atom. The predicted molar refractivity (Wildman–Crippen MR) is 44.6 cm³/mol. The molecule has 0 aliphatic rings. The summed E-state index contributed by atoms with van der Waals surface area (Å²) in [6.07, 6.45) is -3.60. The molecule has 0 aliphatic heterocycles. The maximum Gasteiger partial charge on any atom is 0.433 e. The fraction of sp³-hybridized carbons (Fsp3) is 0.375. The molecule has 1 unspecified atom stereocenters. The number of halogens is 3. The lowest BCUT2D eigenvalue weighted by atomic mass is 10.1. The Kier molecular flexibility index (Phi) is 2.92. The highest BCUT2D eigenvalue weighted by atomic mass is 19.4. The molecule has 0 spiro atoms. The molecule has 0 saturated carbocycles. The largest absolute Gasteiger partial charge is 0.433 e. The van der Waals surface area contributed by atoms with E-state index in [0.29, 0.717) is 0 Å². The first-order valence-electron chi connectivity index (χ1n) is 4.02. The van der Waals surface area contributed by atoms with Gasteiger partial charge in [-0.05, 0) is 13.0 Å². The van der Waals surface area contributed by atoms with Crippen LogP contribution >= 0.6 is 0 Å². The van der Waals surface area contributed by atoms with Gasteiger partial charge in [-0.1, -0.05) is 0 Å². The van der Waals surface area contributed by atoms with Gasteiger partial charge in [-0.25, -0.2) is 9.97 Å². The van der Waals surface area contributed by atoms with Crippen molar-refractivity contribution < 1.29 is 18.0 Å². The van der Waals surface area contributed by atoms with Gasteiger partial charge in [0.1, 0.15) is 11.5 Å². The van der Waals surface area contributed by atoms with Crippen molar-refractivity contribution in [3.05, 3.63) is 23.8 Å². The average Bonchev–Trinajstić information content (AvgIpc) is 2.15. The second kappa shape index (κ2) is 3.84. The summed E-state index contributed by atoms with van der Waals surface area (Å²) < 4.78 is 36.7. The summed E-state index contributed by atoms with van der Waals surface area (Å²) in [4.78, 5) is 17.5. The van der Waals surface area contributed by atoms with E-state index >= 15 is 0 Å². The van der Waals surface area contributed by atoms with Crippen molar-refractivity contribution in [3.63, 3.8) is 0 Å². The number of hydrogen-bond acceptors (Lipinski definition) is 3. The van der Waals surface area contributed by atoms with Crippen LogP contribution in [-0.4, -0.2) is 15.9 Å². The molecule has 0 aliphatic carbocycles. The van der Waals surface area contributed by atoms with E-state index in [4.69, 9.17) is 5.73 Å². The predicted octanol–water partition coefficient (Wildman–Crippen LogP) is 1.08. The molecule has 0 saturated heterocycles. The van der Waals surface area contributed by atoms with E-state index in [-0.39, 0.29) is 5.82 Å². The minimum atomic E-state index is -4.55. The Bertz CT molecular complexity index is 378. The minimum Gasteiger partial charge on any atom is -0.369 e. The Labute approximate surface area is 83.3 Å². The third kappa shape index (κ3) is 2.64. The maximum absolute atomic E-state index is 12.2. The monoisotopic (exact) mass is 219 g/mol. The lowest BCUT2D eigenvalue weighted by Gasteiger charge is -2.09. The third-order valence-corrected chi connectivity index (χ3v) is 1.78. The highest BCUT2D eigenvalue weighted by Crippen LogP contribution is 2.27. The fourth-order valence-corrected chi connectivity index (χ4v) is 0.868. The van der Waals surface area contributed by atoms with E-state index in [2.05, 4.69) is 9.97 Å². The Morgan fingerprint density at radius 2 is 2.13 bits per heavy atom. The number of primary amides is 1. The summed E-state index contributed by atoms with van der Waals surface area (Å²) in [5.41, 5.74) is 3.84. The number of nitrogens with zero attached hydrogens (tertiary/aromatic N) is 2. The molecule has 1 rings (SSSR count). The first kappa shape index (κ1) is 11.4. The van der Waals surface area contributed by atoms with Crippen LogP contribution in [0.15, 0.2) is 12.3 Å². The molecule has 1 aromatic heterocycles. The number of nitrogens with two attached hydrogens (primary N) is 1. The highest BCUT2D eigenvalue weighted by molar-refractivity contribution is 5.80. The van der Waals surface area contributed by atoms with Gasteiger partial charge in [0.05, 0.1) is 5.92 Å². The third-order valence-electron chi connectivity index (χ3n) is 1.78. The van der Waals surface area contributed by atoms with Crippen molar-refractivity contribution >= 4 is 5.91 Å². The molecule has 0 aromatic carbocycles. The van der Waals surface area contributed by atoms with Crippen molar-refractivity contribution in [2.24, 2.45) is 5.73 Å². The second-order valence-corrected chi connectivity index (χ2v) is 2.92. The van der Waals surface area contributed by atoms with Crippen LogP contribution in [0.25, 0.3) is 0 Å². The summed E-state index contributed by atoms with van der Waals surface area (Å²) >= 11 is 0. The number of rotatable bonds is 2. The summed E-state index contributed by atoms with van der Waals surface area (Å²) in [6, 6.07) is 0.733. The van der Waals surface area contributed by atoms with Gasteiger partial charge in [-0.2, -0.15) is 13.2 Å². The Morgan fingerprint density at radius 1 is 1.53 bits per heavy atom. The molecule has 1 amide bonds. The van der Waals surface area contributed by atoms with E-state index in [1.807, 2.05) is 0 Å². The first-order chi connectivity index (χ1) is 6.82. The summed E-state index contributed by atoms with van der Waals surface area (Å²) in [5.74, 6) is -1.93. The summed E-state index contributed by atoms with van der Waals surface area (Å²) in [6.45, 7) is 1.35. The van der Waals surface area contributed by atoms with Gasteiger partial charge >= 0.3 is 6.18 Å². The zero-order valence-corrected chi connectivity index (χ0v) is 7.75. The van der Waals surface area contributed by atoms with Crippen LogP contribution in [0.3, 0.4) is 0 Å². The van der Waals surface area contributed by atoms with Crippen LogP contribution in [0.1, 0.15) is 24.4 Å². The number of carbonyl (C=O) groups is 1. The minimum absolute atomic E-state index is 0.225. The molecular weight excluding hydrogens is 211 g/mol. The fourth-order valence-electron chi connectivity index (χ4n) is 0.868. The van der Waals surface area contributed by atoms with Crippen LogP contribution in [0.2, 0.25) is 0 Å². The lowest BCUT2D eigenvalue weighted by Crippen LogP contribution is -2.22. The van der Waals surface area contributed by atoms with Crippen LogP contribution in [0, 0.1) is 0 Å². The molecule has 4 nitrogen and oxygen atoms in total. The molecule has 1 heterocycles. The Hall–Kier alpha value is -1.66. The van der Waals surface area contributed by atoms with Crippen molar-refractivity contribution in [1.82, 2.24) is 9.97 Å². The van der Waals surface area contributed by atoms with Crippen LogP contribution in [0.4, 0.5) is 13.2 Å². The molecular formula is C8H8F3N3O. The molecule has 15 heavy (non-hydrogen) atoms. The number of carbonyl (C=O) groups excluding carboxylic acids is 1. The van der Waals surface area contributed by atoms with Crippen molar-refractivity contribution in [2.75, 3.05) is 0 Å². The van der Waals surface area contributed by atoms with Crippen LogP contribution in [0.5, 0.6) is 0 Å². The normalized spacial score (nSPS) is 13.6. The van der Waals surface area contributed by atoms with Gasteiger partial charge in [-0.3, -0.25) is 4.79 Å². The van der Waals surface area contributed by atoms with Gasteiger partial charge in [0.15, 0.2) is 0 Å². The number of amides is 1. The molecule has 1 atom stereocenters. The van der Waals surface area contributed by atoms with E-state index < -0.39 is 23.7 Å². The van der Waals surface area contributed by atoms with E-state index in [9.17, 15) is 18.0 Å². The smallest absolute Gasteiger partial charge is 0.369 e. The standard InChI is InChI=1S/C8H8F3N3O/c1-4(6(12)15)7-13-3-2-5(14-7)8(9,10)11/h2-4H,1H3,(H2,12,15). The zero-order valence-electron chi connectivity index (χ0n) is 7.75. The topological polar surface area (TPSA) is 68.9 Å². The quantitative estimate of drug-likeness (QED) is 0.809. The molecule has 2 N–H and O–H groups in total. The molecule has 0 bridgehead atoms. The van der Waals surface area contributed by atoms with E-state index in [1.54, 1.807) is 0 Å². The van der Waals surface area contributed by atoms with Gasteiger partial charge < -0.3 is 5.73 Å². The van der Waals surface area contributed by atoms with Crippen molar-refractivity contribution in [2.45, 2.75) is 19.0 Å². The number of hydrogen-bond donors (Lipinski definition) is 1. The van der Waals surface area contributed by atoms with Gasteiger partial charge in [0.25, 0.3) is 0 Å². The van der Waals surface area contributed by atoms with Gasteiger partial charge in [-0.15, -0.1) is 0 Å². The SMILES string of the molecule is CC(C(N)=O)c1nccc(C(F)(F)F)n1. The molecule has 1 aromatic rings. The van der Waals surface area contributed by atoms with Gasteiger partial charge in [0.2, 0.25) is 5.91 Å².